The highest BCUT2D eigenvalue weighted by molar-refractivity contribution is 5.46. The molecule has 4 N–H and O–H groups in total. The standard InChI is InChI=1S/C27H40O4/c1-19(2)12-15-26(30)24(18-28)11-7-10-20(3)8-6-9-21(4)13-14-23-17-25(29)16-22(5)27(23)31/h8,11-13,16-17,26,28-31H,6-7,9-10,14-15,18H2,1-5H3/b20-8+,21-13+,24-11+/t26-/m0/s1. The third-order valence-corrected chi connectivity index (χ3v) is 5.37. The Morgan fingerprint density at radius 1 is 0.903 bits per heavy atom. The van der Waals surface area contributed by atoms with Gasteiger partial charge in [0, 0.05) is 5.56 Å². The Morgan fingerprint density at radius 3 is 2.13 bits per heavy atom. The maximum atomic E-state index is 10.2. The monoisotopic (exact) mass is 428 g/mol. The Kier molecular flexibility index (Phi) is 12.0. The van der Waals surface area contributed by atoms with Crippen LogP contribution in [0.2, 0.25) is 0 Å². The summed E-state index contributed by atoms with van der Waals surface area (Å²) < 4.78 is 0. The lowest BCUT2D eigenvalue weighted by atomic mass is 10.0. The molecule has 0 bridgehead atoms. The number of hydrogen-bond acceptors (Lipinski definition) is 4. The fraction of sp³-hybridized carbons (Fsp3) is 0.481. The molecule has 0 aromatic heterocycles. The zero-order valence-electron chi connectivity index (χ0n) is 19.8. The number of benzene rings is 1. The van der Waals surface area contributed by atoms with Gasteiger partial charge in [0.15, 0.2) is 0 Å². The number of aliphatic hydroxyl groups excluding tert-OH is 2. The fourth-order valence-electron chi connectivity index (χ4n) is 3.31. The van der Waals surface area contributed by atoms with Crippen LogP contribution in [0.25, 0.3) is 0 Å². The van der Waals surface area contributed by atoms with Crippen molar-refractivity contribution in [1.29, 1.82) is 0 Å². The van der Waals surface area contributed by atoms with E-state index in [1.807, 2.05) is 26.0 Å². The summed E-state index contributed by atoms with van der Waals surface area (Å²) in [6.45, 7) is 9.86. The van der Waals surface area contributed by atoms with E-state index < -0.39 is 6.10 Å². The smallest absolute Gasteiger partial charge is 0.122 e. The predicted octanol–water partition coefficient (Wildman–Crippen LogP) is 6.04. The van der Waals surface area contributed by atoms with E-state index in [-0.39, 0.29) is 18.1 Å². The summed E-state index contributed by atoms with van der Waals surface area (Å²) in [7, 11) is 0. The molecule has 0 unspecified atom stereocenters. The molecular formula is C27H40O4. The Morgan fingerprint density at radius 2 is 1.52 bits per heavy atom. The first-order chi connectivity index (χ1) is 14.6. The van der Waals surface area contributed by atoms with Crippen molar-refractivity contribution in [2.45, 2.75) is 79.2 Å². The lowest BCUT2D eigenvalue weighted by molar-refractivity contribution is 0.189. The van der Waals surface area contributed by atoms with E-state index in [0.29, 0.717) is 24.0 Å². The number of hydrogen-bond donors (Lipinski definition) is 4. The molecule has 1 aromatic rings. The van der Waals surface area contributed by atoms with Crippen LogP contribution in [-0.4, -0.2) is 33.1 Å². The normalized spacial score (nSPS) is 14.0. The molecule has 1 atom stereocenters. The Labute approximate surface area is 188 Å². The van der Waals surface area contributed by atoms with Gasteiger partial charge in [-0.1, -0.05) is 41.0 Å². The predicted molar refractivity (Wildman–Crippen MR) is 129 cm³/mol. The second-order valence-corrected chi connectivity index (χ2v) is 8.62. The maximum Gasteiger partial charge on any atom is 0.122 e. The summed E-state index contributed by atoms with van der Waals surface area (Å²) in [6.07, 6.45) is 12.4. The first kappa shape index (κ1) is 26.7. The molecule has 0 aliphatic rings. The largest absolute Gasteiger partial charge is 0.508 e. The summed E-state index contributed by atoms with van der Waals surface area (Å²) in [6, 6.07) is 3.17. The molecule has 0 heterocycles. The van der Waals surface area contributed by atoms with Crippen LogP contribution in [0.4, 0.5) is 0 Å². The van der Waals surface area contributed by atoms with Gasteiger partial charge in [0.25, 0.3) is 0 Å². The molecule has 4 nitrogen and oxygen atoms in total. The topological polar surface area (TPSA) is 80.9 Å². The average Bonchev–Trinajstić information content (AvgIpc) is 2.70. The number of rotatable bonds is 12. The van der Waals surface area contributed by atoms with E-state index in [9.17, 15) is 20.4 Å². The summed E-state index contributed by atoms with van der Waals surface area (Å²) in [5.74, 6) is 0.427. The summed E-state index contributed by atoms with van der Waals surface area (Å²) in [5.41, 5.74) is 5.81. The number of aryl methyl sites for hydroxylation is 1. The molecule has 0 saturated carbocycles. The van der Waals surface area contributed by atoms with Gasteiger partial charge in [-0.2, -0.15) is 0 Å². The first-order valence-electron chi connectivity index (χ1n) is 11.1. The molecule has 0 aliphatic heterocycles. The van der Waals surface area contributed by atoms with E-state index >= 15 is 0 Å². The van der Waals surface area contributed by atoms with Gasteiger partial charge in [0.2, 0.25) is 0 Å². The van der Waals surface area contributed by atoms with E-state index in [0.717, 1.165) is 36.8 Å². The second kappa shape index (κ2) is 13.9. The number of phenolic OH excluding ortho intramolecular Hbond substituents is 2. The minimum absolute atomic E-state index is 0.112. The molecule has 0 saturated heterocycles. The van der Waals surface area contributed by atoms with Gasteiger partial charge in [-0.25, -0.2) is 0 Å². The minimum Gasteiger partial charge on any atom is -0.508 e. The molecule has 0 radical (unpaired) electrons. The molecule has 0 spiro atoms. The van der Waals surface area contributed by atoms with Crippen molar-refractivity contribution < 1.29 is 20.4 Å². The highest BCUT2D eigenvalue weighted by Gasteiger charge is 2.08. The molecule has 0 aliphatic carbocycles. The van der Waals surface area contributed by atoms with Crippen LogP contribution in [0.15, 0.2) is 58.7 Å². The molecular weight excluding hydrogens is 388 g/mol. The Balaban J connectivity index is 2.50. The second-order valence-electron chi connectivity index (χ2n) is 8.62. The number of phenols is 2. The number of aromatic hydroxyl groups is 2. The van der Waals surface area contributed by atoms with Crippen molar-refractivity contribution in [1.82, 2.24) is 0 Å². The van der Waals surface area contributed by atoms with Crippen molar-refractivity contribution in [2.75, 3.05) is 6.61 Å². The van der Waals surface area contributed by atoms with Crippen LogP contribution in [0.1, 0.15) is 70.9 Å². The van der Waals surface area contributed by atoms with E-state index in [1.54, 1.807) is 19.1 Å². The third kappa shape index (κ3) is 10.5. The molecule has 1 aromatic carbocycles. The quantitative estimate of drug-likeness (QED) is 0.242. The van der Waals surface area contributed by atoms with Crippen LogP contribution < -0.4 is 0 Å². The molecule has 1 rings (SSSR count). The fourth-order valence-corrected chi connectivity index (χ4v) is 3.31. The average molecular weight is 429 g/mol. The van der Waals surface area contributed by atoms with Crippen LogP contribution >= 0.6 is 0 Å². The SMILES string of the molecule is CC(C)=CC[C@H](O)/C(=C/CC/C(C)=C/CC/C(C)=C/Cc1cc(O)cc(C)c1O)CO. The van der Waals surface area contributed by atoms with E-state index in [2.05, 4.69) is 26.0 Å². The van der Waals surface area contributed by atoms with E-state index in [1.165, 1.54) is 11.1 Å². The maximum absolute atomic E-state index is 10.2. The Hall–Kier alpha value is -2.30. The number of allylic oxidation sites excluding steroid dienone is 6. The van der Waals surface area contributed by atoms with Gasteiger partial charge < -0.3 is 20.4 Å². The van der Waals surface area contributed by atoms with E-state index in [4.69, 9.17) is 0 Å². The summed E-state index contributed by atoms with van der Waals surface area (Å²) in [4.78, 5) is 0. The van der Waals surface area contributed by atoms with Crippen LogP contribution in [0.5, 0.6) is 11.5 Å². The van der Waals surface area contributed by atoms with Gasteiger partial charge in [-0.05, 0) is 96.4 Å². The third-order valence-electron chi connectivity index (χ3n) is 5.37. The molecule has 4 heteroatoms. The number of aliphatic hydroxyl groups is 2. The van der Waals surface area contributed by atoms with Gasteiger partial charge in [-0.15, -0.1) is 0 Å². The molecule has 0 amide bonds. The van der Waals surface area contributed by atoms with Crippen LogP contribution in [0, 0.1) is 6.92 Å². The summed E-state index contributed by atoms with van der Waals surface area (Å²) in [5, 5.41) is 39.5. The first-order valence-corrected chi connectivity index (χ1v) is 11.1. The molecule has 0 fully saturated rings. The minimum atomic E-state index is -0.619. The van der Waals surface area contributed by atoms with Crippen molar-refractivity contribution in [3.8, 4) is 11.5 Å². The van der Waals surface area contributed by atoms with Crippen molar-refractivity contribution in [3.05, 3.63) is 69.9 Å². The Bertz CT molecular complexity index is 824. The zero-order valence-corrected chi connectivity index (χ0v) is 19.8. The lowest BCUT2D eigenvalue weighted by Crippen LogP contribution is -2.12. The molecule has 172 valence electrons. The van der Waals surface area contributed by atoms with Crippen LogP contribution in [0.3, 0.4) is 0 Å². The van der Waals surface area contributed by atoms with Gasteiger partial charge in [-0.3, -0.25) is 0 Å². The van der Waals surface area contributed by atoms with Crippen LogP contribution in [-0.2, 0) is 6.42 Å². The van der Waals surface area contributed by atoms with Gasteiger partial charge in [0.05, 0.1) is 12.7 Å². The lowest BCUT2D eigenvalue weighted by Gasteiger charge is -2.11. The van der Waals surface area contributed by atoms with Gasteiger partial charge in [0.1, 0.15) is 11.5 Å². The molecule has 31 heavy (non-hydrogen) atoms. The van der Waals surface area contributed by atoms with Crippen molar-refractivity contribution in [2.24, 2.45) is 0 Å². The zero-order chi connectivity index (χ0) is 23.4. The van der Waals surface area contributed by atoms with Crippen molar-refractivity contribution in [3.63, 3.8) is 0 Å². The highest BCUT2D eigenvalue weighted by Crippen LogP contribution is 2.28. The summed E-state index contributed by atoms with van der Waals surface area (Å²) >= 11 is 0. The highest BCUT2D eigenvalue weighted by atomic mass is 16.3. The van der Waals surface area contributed by atoms with Crippen molar-refractivity contribution >= 4 is 0 Å². The van der Waals surface area contributed by atoms with Gasteiger partial charge >= 0.3 is 0 Å².